The Kier molecular flexibility index (Phi) is 3.07. The molecule has 3 nitrogen and oxygen atoms in total. The molecule has 92 valence electrons. The molecule has 0 aliphatic carbocycles. The van der Waals surface area contributed by atoms with Crippen molar-refractivity contribution < 1.29 is 4.79 Å². The van der Waals surface area contributed by atoms with Gasteiger partial charge in [-0.2, -0.15) is 0 Å². The van der Waals surface area contributed by atoms with Gasteiger partial charge in [-0.25, -0.2) is 0 Å². The van der Waals surface area contributed by atoms with Crippen LogP contribution in [-0.2, 0) is 0 Å². The highest BCUT2D eigenvalue weighted by Crippen LogP contribution is 2.19. The van der Waals surface area contributed by atoms with Crippen LogP contribution in [0.2, 0.25) is 0 Å². The van der Waals surface area contributed by atoms with Crippen molar-refractivity contribution in [2.24, 2.45) is 0 Å². The monoisotopic (exact) mass is 240 g/mol. The lowest BCUT2D eigenvalue weighted by atomic mass is 10.0. The van der Waals surface area contributed by atoms with Crippen LogP contribution < -0.4 is 5.32 Å². The Bertz CT molecular complexity index is 568. The average molecular weight is 240 g/mol. The van der Waals surface area contributed by atoms with Crippen molar-refractivity contribution in [1.82, 2.24) is 10.3 Å². The fraction of sp³-hybridized carbons (Fsp3) is 0.333. The Balaban J connectivity index is 1.91. The van der Waals surface area contributed by atoms with Crippen molar-refractivity contribution in [3.8, 4) is 0 Å². The lowest BCUT2D eigenvalue weighted by Crippen LogP contribution is -2.25. The Morgan fingerprint density at radius 3 is 3.06 bits per heavy atom. The largest absolute Gasteiger partial charge is 0.314 e. The number of carbonyl (C=O) groups excluding carboxylic acids is 1. The van der Waals surface area contributed by atoms with Crippen molar-refractivity contribution >= 4 is 16.6 Å². The van der Waals surface area contributed by atoms with Crippen LogP contribution in [0.25, 0.3) is 10.8 Å². The molecular formula is C15H16N2O. The van der Waals surface area contributed by atoms with E-state index in [0.717, 1.165) is 23.7 Å². The molecule has 3 rings (SSSR count). The van der Waals surface area contributed by atoms with E-state index in [-0.39, 0.29) is 5.78 Å². The fourth-order valence-electron chi connectivity index (χ4n) is 2.59. The molecule has 1 atom stereocenters. The predicted octanol–water partition coefficient (Wildman–Crippen LogP) is 2.56. The van der Waals surface area contributed by atoms with Crippen molar-refractivity contribution in [2.45, 2.75) is 25.3 Å². The van der Waals surface area contributed by atoms with Gasteiger partial charge in [-0.05, 0) is 30.8 Å². The van der Waals surface area contributed by atoms with E-state index in [1.165, 1.54) is 6.42 Å². The zero-order valence-electron chi connectivity index (χ0n) is 10.2. The Hall–Kier alpha value is -1.74. The summed E-state index contributed by atoms with van der Waals surface area (Å²) in [6, 6.07) is 10.2. The summed E-state index contributed by atoms with van der Waals surface area (Å²) in [6.07, 6.45) is 4.54. The van der Waals surface area contributed by atoms with Gasteiger partial charge in [0.15, 0.2) is 5.78 Å². The quantitative estimate of drug-likeness (QED) is 0.838. The first-order valence-corrected chi connectivity index (χ1v) is 6.45. The van der Waals surface area contributed by atoms with Crippen molar-refractivity contribution in [3.63, 3.8) is 0 Å². The first-order chi connectivity index (χ1) is 8.84. The highest BCUT2D eigenvalue weighted by Gasteiger charge is 2.20. The molecule has 1 aromatic carbocycles. The molecule has 1 aromatic heterocycles. The number of benzene rings is 1. The van der Waals surface area contributed by atoms with Crippen molar-refractivity contribution in [1.29, 1.82) is 0 Å². The molecule has 0 radical (unpaired) electrons. The number of nitrogens with one attached hydrogen (secondary N) is 1. The SMILES string of the molecule is O=C(CC1CCCN1)c1nccc2ccccc12. The zero-order valence-corrected chi connectivity index (χ0v) is 10.2. The smallest absolute Gasteiger partial charge is 0.183 e. The van der Waals surface area contributed by atoms with E-state index in [1.807, 2.05) is 30.3 Å². The second-order valence-electron chi connectivity index (χ2n) is 4.80. The maximum atomic E-state index is 12.3. The molecule has 0 spiro atoms. The number of nitrogens with zero attached hydrogens (tertiary/aromatic N) is 1. The predicted molar refractivity (Wildman–Crippen MR) is 71.7 cm³/mol. The van der Waals surface area contributed by atoms with E-state index in [9.17, 15) is 4.79 Å². The number of hydrogen-bond acceptors (Lipinski definition) is 3. The molecule has 1 fully saturated rings. The molecule has 1 aliphatic heterocycles. The van der Waals surface area contributed by atoms with E-state index in [0.29, 0.717) is 18.2 Å². The number of fused-ring (bicyclic) bond motifs is 1. The van der Waals surface area contributed by atoms with E-state index < -0.39 is 0 Å². The number of ketones is 1. The van der Waals surface area contributed by atoms with Crippen molar-refractivity contribution in [3.05, 3.63) is 42.2 Å². The van der Waals surface area contributed by atoms with Crippen LogP contribution >= 0.6 is 0 Å². The van der Waals surface area contributed by atoms with Crippen LogP contribution in [0.5, 0.6) is 0 Å². The highest BCUT2D eigenvalue weighted by molar-refractivity contribution is 6.06. The fourth-order valence-corrected chi connectivity index (χ4v) is 2.59. The summed E-state index contributed by atoms with van der Waals surface area (Å²) in [5, 5.41) is 5.40. The molecule has 18 heavy (non-hydrogen) atoms. The van der Waals surface area contributed by atoms with Crippen LogP contribution in [0.15, 0.2) is 36.5 Å². The van der Waals surface area contributed by atoms with Gasteiger partial charge >= 0.3 is 0 Å². The number of hydrogen-bond donors (Lipinski definition) is 1. The highest BCUT2D eigenvalue weighted by atomic mass is 16.1. The summed E-state index contributed by atoms with van der Waals surface area (Å²) in [5.41, 5.74) is 0.613. The average Bonchev–Trinajstić information content (AvgIpc) is 2.91. The van der Waals surface area contributed by atoms with Crippen LogP contribution in [0, 0.1) is 0 Å². The number of aromatic nitrogens is 1. The zero-order chi connectivity index (χ0) is 12.4. The standard InChI is InChI=1S/C15H16N2O/c18-14(10-12-5-3-8-16-12)15-13-6-2-1-4-11(13)7-9-17-15/h1-2,4,6-7,9,12,16H,3,5,8,10H2. The van der Waals surface area contributed by atoms with Gasteiger partial charge in [0.05, 0.1) is 0 Å². The van der Waals surface area contributed by atoms with Crippen LogP contribution in [-0.4, -0.2) is 23.4 Å². The normalized spacial score (nSPS) is 19.2. The summed E-state index contributed by atoms with van der Waals surface area (Å²) in [5.74, 6) is 0.145. The third kappa shape index (κ3) is 2.14. The lowest BCUT2D eigenvalue weighted by Gasteiger charge is -2.09. The summed E-state index contributed by atoms with van der Waals surface area (Å²) in [4.78, 5) is 16.6. The maximum absolute atomic E-state index is 12.3. The number of carbonyl (C=O) groups is 1. The molecule has 1 N–H and O–H groups in total. The Morgan fingerprint density at radius 1 is 1.33 bits per heavy atom. The molecule has 3 heteroatoms. The second-order valence-corrected chi connectivity index (χ2v) is 4.80. The third-order valence-electron chi connectivity index (χ3n) is 3.53. The topological polar surface area (TPSA) is 42.0 Å². The maximum Gasteiger partial charge on any atom is 0.183 e. The Labute approximate surface area is 106 Å². The molecule has 2 heterocycles. The molecule has 0 bridgehead atoms. The van der Waals surface area contributed by atoms with Gasteiger partial charge in [-0.15, -0.1) is 0 Å². The number of Topliss-reactive ketones (excluding diaryl/α,β-unsaturated/α-hetero) is 1. The molecular weight excluding hydrogens is 224 g/mol. The minimum atomic E-state index is 0.145. The molecule has 2 aromatic rings. The molecule has 1 aliphatic rings. The van der Waals surface area contributed by atoms with Gasteiger partial charge < -0.3 is 5.32 Å². The van der Waals surface area contributed by atoms with Crippen molar-refractivity contribution in [2.75, 3.05) is 6.54 Å². The van der Waals surface area contributed by atoms with Gasteiger partial charge in [-0.1, -0.05) is 24.3 Å². The summed E-state index contributed by atoms with van der Waals surface area (Å²) < 4.78 is 0. The lowest BCUT2D eigenvalue weighted by molar-refractivity contribution is 0.0968. The summed E-state index contributed by atoms with van der Waals surface area (Å²) in [7, 11) is 0. The van der Waals surface area contributed by atoms with Crippen LogP contribution in [0.4, 0.5) is 0 Å². The number of rotatable bonds is 3. The Morgan fingerprint density at radius 2 is 2.22 bits per heavy atom. The van der Waals surface area contributed by atoms with E-state index in [1.54, 1.807) is 6.20 Å². The number of pyridine rings is 1. The molecule has 1 saturated heterocycles. The van der Waals surface area contributed by atoms with Crippen LogP contribution in [0.1, 0.15) is 29.8 Å². The first-order valence-electron chi connectivity index (χ1n) is 6.45. The van der Waals surface area contributed by atoms with Gasteiger partial charge in [0.25, 0.3) is 0 Å². The summed E-state index contributed by atoms with van der Waals surface area (Å²) >= 11 is 0. The van der Waals surface area contributed by atoms with E-state index in [4.69, 9.17) is 0 Å². The van der Waals surface area contributed by atoms with E-state index in [2.05, 4.69) is 10.3 Å². The molecule has 0 saturated carbocycles. The first kappa shape index (κ1) is 11.4. The van der Waals surface area contributed by atoms with E-state index >= 15 is 0 Å². The molecule has 0 amide bonds. The van der Waals surface area contributed by atoms with Crippen LogP contribution in [0.3, 0.4) is 0 Å². The van der Waals surface area contributed by atoms with Gasteiger partial charge in [-0.3, -0.25) is 9.78 Å². The van der Waals surface area contributed by atoms with Gasteiger partial charge in [0, 0.05) is 24.0 Å². The minimum absolute atomic E-state index is 0.145. The third-order valence-corrected chi connectivity index (χ3v) is 3.53. The van der Waals surface area contributed by atoms with Gasteiger partial charge in [0.2, 0.25) is 0 Å². The molecule has 1 unspecified atom stereocenters. The minimum Gasteiger partial charge on any atom is -0.314 e. The summed E-state index contributed by atoms with van der Waals surface area (Å²) in [6.45, 7) is 1.03. The van der Waals surface area contributed by atoms with Gasteiger partial charge in [0.1, 0.15) is 5.69 Å². The second kappa shape index (κ2) is 4.86.